The second-order valence-electron chi connectivity index (χ2n) is 3.01. The van der Waals surface area contributed by atoms with Gasteiger partial charge in [-0.1, -0.05) is 17.3 Å². The van der Waals surface area contributed by atoms with Crippen LogP contribution in [-0.4, -0.2) is 13.6 Å². The lowest BCUT2D eigenvalue weighted by Crippen LogP contribution is -2.56. The molecular formula is C8H9N2O3S+. The van der Waals surface area contributed by atoms with Gasteiger partial charge in [-0.2, -0.15) is 8.42 Å². The molecule has 0 saturated heterocycles. The predicted molar refractivity (Wildman–Crippen MR) is 49.5 cm³/mol. The van der Waals surface area contributed by atoms with Crippen molar-refractivity contribution in [3.8, 4) is 0 Å². The first-order chi connectivity index (χ1) is 6.56. The van der Waals surface area contributed by atoms with Gasteiger partial charge in [0.2, 0.25) is 0 Å². The van der Waals surface area contributed by atoms with E-state index in [0.717, 1.165) is 5.39 Å². The van der Waals surface area contributed by atoms with Crippen molar-refractivity contribution < 1.29 is 18.1 Å². The average Bonchev–Trinajstić information content (AvgIpc) is 2.47. The molecule has 0 unspecified atom stereocenters. The molecule has 2 rings (SSSR count). The summed E-state index contributed by atoms with van der Waals surface area (Å²) in [5.74, 6) is -0.190. The van der Waals surface area contributed by atoms with Gasteiger partial charge in [-0.05, 0) is 12.1 Å². The third kappa shape index (κ3) is 1.75. The summed E-state index contributed by atoms with van der Waals surface area (Å²) >= 11 is 0. The first-order valence-electron chi connectivity index (χ1n) is 3.95. The van der Waals surface area contributed by atoms with Crippen molar-refractivity contribution in [3.63, 3.8) is 0 Å². The van der Waals surface area contributed by atoms with Crippen LogP contribution in [0.5, 0.6) is 0 Å². The Morgan fingerprint density at radius 3 is 2.79 bits per heavy atom. The smallest absolute Gasteiger partial charge is 0.298 e. The van der Waals surface area contributed by atoms with Crippen molar-refractivity contribution in [1.29, 1.82) is 0 Å². The van der Waals surface area contributed by atoms with Gasteiger partial charge >= 0.3 is 0 Å². The third-order valence-corrected chi connectivity index (χ3v) is 2.52. The number of fused-ring (bicyclic) bond motifs is 1. The Balaban J connectivity index is 2.54. The van der Waals surface area contributed by atoms with E-state index in [9.17, 15) is 8.42 Å². The van der Waals surface area contributed by atoms with E-state index in [1.54, 1.807) is 24.3 Å². The molecular weight excluding hydrogens is 204 g/mol. The molecule has 0 radical (unpaired) electrons. The lowest BCUT2D eigenvalue weighted by Gasteiger charge is -1.90. The fourth-order valence-electron chi connectivity index (χ4n) is 1.25. The first kappa shape index (κ1) is 9.17. The maximum Gasteiger partial charge on any atom is 0.298 e. The van der Waals surface area contributed by atoms with Crippen LogP contribution < -0.4 is 5.14 Å². The van der Waals surface area contributed by atoms with Crippen molar-refractivity contribution in [2.75, 3.05) is 0 Å². The quantitative estimate of drug-likeness (QED) is 0.754. The van der Waals surface area contributed by atoms with Gasteiger partial charge in [0, 0.05) is 5.39 Å². The molecule has 0 bridgehead atoms. The standard InChI is InChI=1S/C8H8N2O3S/c9-14(11,12)5-7-6-3-1-2-4-8(6)13-10-7/h1-4H,5H2,(H2,9,11,12)/p+1. The summed E-state index contributed by atoms with van der Waals surface area (Å²) in [6.45, 7) is 0. The summed E-state index contributed by atoms with van der Waals surface area (Å²) in [4.78, 5) is 0. The molecule has 1 aromatic carbocycles. The average molecular weight is 213 g/mol. The molecule has 6 heteroatoms. The maximum absolute atomic E-state index is 10.9. The molecule has 0 fully saturated rings. The van der Waals surface area contributed by atoms with Gasteiger partial charge in [0.1, 0.15) is 11.4 Å². The summed E-state index contributed by atoms with van der Waals surface area (Å²) in [5, 5.41) is 7.45. The first-order valence-corrected chi connectivity index (χ1v) is 5.77. The summed E-state index contributed by atoms with van der Waals surface area (Å²) in [6.07, 6.45) is 0. The Hall–Kier alpha value is -1.40. The Kier molecular flexibility index (Phi) is 2.01. The number of nitrogens with zero attached hydrogens (tertiary/aromatic N) is 1. The maximum atomic E-state index is 10.9. The van der Waals surface area contributed by atoms with Gasteiger partial charge in [-0.3, -0.25) is 5.14 Å². The molecule has 0 amide bonds. The molecule has 0 aliphatic carbocycles. The van der Waals surface area contributed by atoms with E-state index in [0.29, 0.717) is 11.3 Å². The van der Waals surface area contributed by atoms with Crippen molar-refractivity contribution >= 4 is 21.0 Å². The zero-order chi connectivity index (χ0) is 10.2. The SMILES string of the molecule is [NH3+]S(=O)(=O)Cc1noc2ccccc12. The van der Waals surface area contributed by atoms with Crippen LogP contribution in [0.1, 0.15) is 5.69 Å². The van der Waals surface area contributed by atoms with E-state index in [1.165, 1.54) is 0 Å². The number of para-hydroxylation sites is 1. The number of hydrogen-bond donors (Lipinski definition) is 1. The highest BCUT2D eigenvalue weighted by atomic mass is 32.2. The van der Waals surface area contributed by atoms with Gasteiger partial charge in [0.15, 0.2) is 5.58 Å². The Morgan fingerprint density at radius 1 is 1.36 bits per heavy atom. The van der Waals surface area contributed by atoms with Crippen LogP contribution in [0.3, 0.4) is 0 Å². The minimum Gasteiger partial charge on any atom is -0.356 e. The minimum atomic E-state index is -3.31. The zero-order valence-corrected chi connectivity index (χ0v) is 8.12. The molecule has 0 aliphatic heterocycles. The fraction of sp³-hybridized carbons (Fsp3) is 0.125. The van der Waals surface area contributed by atoms with Crippen LogP contribution in [0.15, 0.2) is 28.8 Å². The summed E-state index contributed by atoms with van der Waals surface area (Å²) in [5.41, 5.74) is 1.00. The molecule has 2 aromatic rings. The summed E-state index contributed by atoms with van der Waals surface area (Å²) in [6, 6.07) is 7.11. The molecule has 14 heavy (non-hydrogen) atoms. The number of rotatable bonds is 2. The number of sulfonamides is 1. The molecule has 5 nitrogen and oxygen atoms in total. The lowest BCUT2D eigenvalue weighted by atomic mass is 10.2. The molecule has 0 atom stereocenters. The van der Waals surface area contributed by atoms with Crippen LogP contribution in [0.4, 0.5) is 0 Å². The van der Waals surface area contributed by atoms with E-state index < -0.39 is 10.0 Å². The highest BCUT2D eigenvalue weighted by molar-refractivity contribution is 7.83. The number of quaternary nitrogens is 1. The lowest BCUT2D eigenvalue weighted by molar-refractivity contribution is -0.165. The van der Waals surface area contributed by atoms with Crippen LogP contribution >= 0.6 is 0 Å². The molecule has 0 saturated carbocycles. The van der Waals surface area contributed by atoms with Gasteiger partial charge in [0.25, 0.3) is 10.0 Å². The number of aromatic nitrogens is 1. The van der Waals surface area contributed by atoms with E-state index in [1.807, 2.05) is 0 Å². The fourth-order valence-corrected chi connectivity index (χ4v) is 1.88. The van der Waals surface area contributed by atoms with E-state index in [2.05, 4.69) is 10.3 Å². The van der Waals surface area contributed by atoms with Gasteiger partial charge in [0.05, 0.1) is 0 Å². The largest absolute Gasteiger partial charge is 0.356 e. The van der Waals surface area contributed by atoms with Crippen molar-refractivity contribution in [2.24, 2.45) is 0 Å². The molecule has 1 aromatic heterocycles. The highest BCUT2D eigenvalue weighted by Gasteiger charge is 2.15. The Morgan fingerprint density at radius 2 is 2.07 bits per heavy atom. The molecule has 3 N–H and O–H groups in total. The van der Waals surface area contributed by atoms with Gasteiger partial charge in [-0.25, -0.2) is 0 Å². The molecule has 0 aliphatic rings. The zero-order valence-electron chi connectivity index (χ0n) is 7.30. The summed E-state index contributed by atoms with van der Waals surface area (Å²) in [7, 11) is -3.31. The molecule has 74 valence electrons. The van der Waals surface area contributed by atoms with E-state index in [-0.39, 0.29) is 5.75 Å². The van der Waals surface area contributed by atoms with Gasteiger partial charge in [-0.15, -0.1) is 0 Å². The van der Waals surface area contributed by atoms with Crippen LogP contribution in [0.2, 0.25) is 0 Å². The second-order valence-corrected chi connectivity index (χ2v) is 4.79. The highest BCUT2D eigenvalue weighted by Crippen LogP contribution is 2.18. The monoisotopic (exact) mass is 213 g/mol. The number of hydrogen-bond acceptors (Lipinski definition) is 4. The van der Waals surface area contributed by atoms with E-state index >= 15 is 0 Å². The second kappa shape index (κ2) is 3.07. The van der Waals surface area contributed by atoms with Crippen LogP contribution in [0, 0.1) is 0 Å². The van der Waals surface area contributed by atoms with Crippen molar-refractivity contribution in [3.05, 3.63) is 30.0 Å². The van der Waals surface area contributed by atoms with Crippen LogP contribution in [0.25, 0.3) is 11.0 Å². The van der Waals surface area contributed by atoms with E-state index in [4.69, 9.17) is 4.52 Å². The van der Waals surface area contributed by atoms with Crippen LogP contribution in [-0.2, 0) is 15.8 Å². The summed E-state index contributed by atoms with van der Waals surface area (Å²) < 4.78 is 26.9. The molecule has 1 heterocycles. The predicted octanol–water partition coefficient (Wildman–Crippen LogP) is -0.100. The Bertz CT molecular complexity index is 559. The van der Waals surface area contributed by atoms with Crippen molar-refractivity contribution in [1.82, 2.24) is 5.16 Å². The van der Waals surface area contributed by atoms with Crippen molar-refractivity contribution in [2.45, 2.75) is 5.75 Å². The molecule has 0 spiro atoms. The third-order valence-electron chi connectivity index (χ3n) is 1.81. The van der Waals surface area contributed by atoms with Gasteiger partial charge < -0.3 is 4.52 Å². The number of benzene rings is 1. The minimum absolute atomic E-state index is 0.190. The Labute approximate surface area is 80.5 Å². The normalized spacial score (nSPS) is 12.1. The topological polar surface area (TPSA) is 87.8 Å².